The molecule has 0 aliphatic rings. The van der Waals surface area contributed by atoms with Crippen LogP contribution >= 0.6 is 11.6 Å². The summed E-state index contributed by atoms with van der Waals surface area (Å²) in [5.74, 6) is 0.222. The second-order valence-corrected chi connectivity index (χ2v) is 3.80. The van der Waals surface area contributed by atoms with E-state index in [1.54, 1.807) is 25.3 Å². The highest BCUT2D eigenvalue weighted by atomic mass is 35.5. The van der Waals surface area contributed by atoms with Crippen molar-refractivity contribution in [3.05, 3.63) is 45.8 Å². The van der Waals surface area contributed by atoms with E-state index in [0.717, 1.165) is 5.56 Å². The second-order valence-electron chi connectivity index (χ2n) is 3.54. The molecule has 0 radical (unpaired) electrons. The lowest BCUT2D eigenvalue weighted by atomic mass is 10.2. The van der Waals surface area contributed by atoms with Crippen LogP contribution in [0.2, 0.25) is 0 Å². The van der Waals surface area contributed by atoms with Gasteiger partial charge in [0.05, 0.1) is 22.7 Å². The Labute approximate surface area is 102 Å². The summed E-state index contributed by atoms with van der Waals surface area (Å²) in [6.07, 6.45) is 1.57. The van der Waals surface area contributed by atoms with Gasteiger partial charge in [0.15, 0.2) is 0 Å². The molecule has 0 saturated heterocycles. The number of halogens is 1. The second kappa shape index (κ2) is 4.50. The van der Waals surface area contributed by atoms with Crippen molar-refractivity contribution in [2.75, 3.05) is 0 Å². The number of nitrogens with zero attached hydrogens (tertiary/aromatic N) is 4. The van der Waals surface area contributed by atoms with E-state index in [9.17, 15) is 10.1 Å². The molecule has 0 unspecified atom stereocenters. The molecule has 6 nitrogen and oxygen atoms in total. The fourth-order valence-corrected chi connectivity index (χ4v) is 1.57. The van der Waals surface area contributed by atoms with E-state index in [2.05, 4.69) is 10.3 Å². The van der Waals surface area contributed by atoms with E-state index in [4.69, 9.17) is 11.6 Å². The lowest BCUT2D eigenvalue weighted by molar-refractivity contribution is -0.384. The summed E-state index contributed by atoms with van der Waals surface area (Å²) >= 11 is 5.61. The first-order chi connectivity index (χ1) is 8.11. The summed E-state index contributed by atoms with van der Waals surface area (Å²) in [5, 5.41) is 18.5. The van der Waals surface area contributed by atoms with Gasteiger partial charge in [-0.1, -0.05) is 11.3 Å². The van der Waals surface area contributed by atoms with Crippen LogP contribution in [0.1, 0.15) is 11.3 Å². The van der Waals surface area contributed by atoms with Gasteiger partial charge in [-0.2, -0.15) is 0 Å². The average Bonchev–Trinajstić information content (AvgIpc) is 2.77. The smallest absolute Gasteiger partial charge is 0.258 e. The van der Waals surface area contributed by atoms with Crippen LogP contribution in [0.3, 0.4) is 0 Å². The highest BCUT2D eigenvalue weighted by Crippen LogP contribution is 2.23. The maximum Gasteiger partial charge on any atom is 0.295 e. The van der Waals surface area contributed by atoms with Crippen molar-refractivity contribution in [1.82, 2.24) is 15.0 Å². The fourth-order valence-electron chi connectivity index (χ4n) is 1.45. The van der Waals surface area contributed by atoms with Crippen molar-refractivity contribution in [3.63, 3.8) is 0 Å². The summed E-state index contributed by atoms with van der Waals surface area (Å²) < 4.78 is 1.36. The molecular formula is C10H9ClN4O2. The first kappa shape index (κ1) is 11.5. The first-order valence-corrected chi connectivity index (χ1v) is 5.38. The molecule has 0 fully saturated rings. The molecule has 1 aromatic heterocycles. The van der Waals surface area contributed by atoms with Crippen LogP contribution in [0.4, 0.5) is 5.69 Å². The average molecular weight is 253 g/mol. The molecule has 2 aromatic rings. The molecule has 1 aromatic carbocycles. The SMILES string of the molecule is Cc1ccc(-n2cc(CCl)nn2)c([N+](=O)[O-])c1. The van der Waals surface area contributed by atoms with Crippen molar-refractivity contribution in [1.29, 1.82) is 0 Å². The first-order valence-electron chi connectivity index (χ1n) is 4.84. The van der Waals surface area contributed by atoms with Crippen LogP contribution < -0.4 is 0 Å². The Balaban J connectivity index is 2.54. The molecule has 0 aliphatic heterocycles. The molecule has 0 spiro atoms. The quantitative estimate of drug-likeness (QED) is 0.477. The zero-order chi connectivity index (χ0) is 12.4. The van der Waals surface area contributed by atoms with Gasteiger partial charge in [-0.15, -0.1) is 16.7 Å². The highest BCUT2D eigenvalue weighted by molar-refractivity contribution is 6.16. The number of aromatic nitrogens is 3. The Morgan fingerprint density at radius 1 is 1.53 bits per heavy atom. The minimum Gasteiger partial charge on any atom is -0.258 e. The third-order valence-corrected chi connectivity index (χ3v) is 2.53. The molecule has 7 heteroatoms. The van der Waals surface area contributed by atoms with Crippen LogP contribution in [0, 0.1) is 17.0 Å². The topological polar surface area (TPSA) is 73.8 Å². The monoisotopic (exact) mass is 252 g/mol. The van der Waals surface area contributed by atoms with Gasteiger partial charge in [-0.3, -0.25) is 10.1 Å². The molecule has 0 atom stereocenters. The van der Waals surface area contributed by atoms with Gasteiger partial charge in [0, 0.05) is 6.07 Å². The number of hydrogen-bond donors (Lipinski definition) is 0. The molecule has 0 amide bonds. The maximum atomic E-state index is 10.9. The van der Waals surface area contributed by atoms with Crippen LogP contribution in [0.15, 0.2) is 24.4 Å². The predicted octanol–water partition coefficient (Wildman–Crippen LogP) is 2.22. The predicted molar refractivity (Wildman–Crippen MR) is 62.3 cm³/mol. The van der Waals surface area contributed by atoms with Crippen LogP contribution in [-0.4, -0.2) is 19.9 Å². The Kier molecular flexibility index (Phi) is 3.06. The summed E-state index contributed by atoms with van der Waals surface area (Å²) in [6.45, 7) is 1.79. The van der Waals surface area contributed by atoms with Crippen molar-refractivity contribution < 1.29 is 4.92 Å². The van der Waals surface area contributed by atoms with Crippen molar-refractivity contribution in [2.45, 2.75) is 12.8 Å². The van der Waals surface area contributed by atoms with E-state index >= 15 is 0 Å². The molecule has 0 bridgehead atoms. The number of alkyl halides is 1. The Morgan fingerprint density at radius 3 is 2.88 bits per heavy atom. The molecular weight excluding hydrogens is 244 g/mol. The van der Waals surface area contributed by atoms with E-state index in [0.29, 0.717) is 11.4 Å². The minimum atomic E-state index is -0.440. The summed E-state index contributed by atoms with van der Waals surface area (Å²) in [6, 6.07) is 4.92. The van der Waals surface area contributed by atoms with Gasteiger partial charge in [-0.05, 0) is 18.6 Å². The lowest BCUT2D eigenvalue weighted by Gasteiger charge is -2.02. The van der Waals surface area contributed by atoms with Crippen molar-refractivity contribution in [2.24, 2.45) is 0 Å². The lowest BCUT2D eigenvalue weighted by Crippen LogP contribution is -2.01. The van der Waals surface area contributed by atoms with Crippen molar-refractivity contribution in [3.8, 4) is 5.69 Å². The summed E-state index contributed by atoms with van der Waals surface area (Å²) in [5.41, 5.74) is 1.76. The molecule has 1 heterocycles. The van der Waals surface area contributed by atoms with Crippen LogP contribution in [0.5, 0.6) is 0 Å². The largest absolute Gasteiger partial charge is 0.295 e. The number of benzene rings is 1. The van der Waals surface area contributed by atoms with Crippen molar-refractivity contribution >= 4 is 17.3 Å². The third-order valence-electron chi connectivity index (χ3n) is 2.25. The van der Waals surface area contributed by atoms with Gasteiger partial charge in [0.1, 0.15) is 5.69 Å². The molecule has 2 rings (SSSR count). The summed E-state index contributed by atoms with van der Waals surface area (Å²) in [4.78, 5) is 10.5. The van der Waals surface area contributed by atoms with E-state index in [-0.39, 0.29) is 11.6 Å². The number of rotatable bonds is 3. The number of nitro benzene ring substituents is 1. The molecule has 88 valence electrons. The van der Waals surface area contributed by atoms with E-state index in [1.807, 2.05) is 0 Å². The Bertz CT molecular complexity index is 567. The van der Waals surface area contributed by atoms with Gasteiger partial charge in [0.2, 0.25) is 0 Å². The number of aryl methyl sites for hydroxylation is 1. The van der Waals surface area contributed by atoms with Crippen LogP contribution in [0.25, 0.3) is 5.69 Å². The zero-order valence-electron chi connectivity index (χ0n) is 9.00. The Morgan fingerprint density at radius 2 is 2.29 bits per heavy atom. The maximum absolute atomic E-state index is 10.9. The van der Waals surface area contributed by atoms with Gasteiger partial charge < -0.3 is 0 Å². The zero-order valence-corrected chi connectivity index (χ0v) is 9.76. The fraction of sp³-hybridized carbons (Fsp3) is 0.200. The van der Waals surface area contributed by atoms with Gasteiger partial charge >= 0.3 is 0 Å². The van der Waals surface area contributed by atoms with E-state index in [1.165, 1.54) is 10.7 Å². The third kappa shape index (κ3) is 2.26. The van der Waals surface area contributed by atoms with Gasteiger partial charge in [0.25, 0.3) is 5.69 Å². The highest BCUT2D eigenvalue weighted by Gasteiger charge is 2.16. The molecule has 0 saturated carbocycles. The molecule has 0 aliphatic carbocycles. The minimum absolute atomic E-state index is 0.00368. The van der Waals surface area contributed by atoms with Gasteiger partial charge in [-0.25, -0.2) is 4.68 Å². The number of nitro groups is 1. The van der Waals surface area contributed by atoms with E-state index < -0.39 is 4.92 Å². The number of hydrogen-bond acceptors (Lipinski definition) is 4. The van der Waals surface area contributed by atoms with Crippen LogP contribution in [-0.2, 0) is 5.88 Å². The normalized spacial score (nSPS) is 10.5. The summed E-state index contributed by atoms with van der Waals surface area (Å²) in [7, 11) is 0. The Hall–Kier alpha value is -1.95. The molecule has 0 N–H and O–H groups in total. The molecule has 17 heavy (non-hydrogen) atoms. The standard InChI is InChI=1S/C10H9ClN4O2/c1-7-2-3-9(10(4-7)15(16)17)14-6-8(5-11)12-13-14/h2-4,6H,5H2,1H3.